The average Bonchev–Trinajstić information content (AvgIpc) is 3.16. The van der Waals surface area contributed by atoms with E-state index in [1.165, 1.54) is 33.4 Å². The van der Waals surface area contributed by atoms with Gasteiger partial charge in [-0.2, -0.15) is 18.2 Å². The number of benzene rings is 2. The van der Waals surface area contributed by atoms with Crippen LogP contribution in [0.25, 0.3) is 22.0 Å². The lowest BCUT2D eigenvalue weighted by atomic mass is 9.95. The van der Waals surface area contributed by atoms with Crippen molar-refractivity contribution < 1.29 is 27.5 Å². The molecular weight excluding hydrogens is 586 g/mol. The molecule has 43 heavy (non-hydrogen) atoms. The molecule has 0 bridgehead atoms. The lowest BCUT2D eigenvalue weighted by Gasteiger charge is -2.43. The summed E-state index contributed by atoms with van der Waals surface area (Å²) >= 11 is 1.22. The number of pyridine rings is 1. The summed E-state index contributed by atoms with van der Waals surface area (Å²) < 4.78 is 59.9. The van der Waals surface area contributed by atoms with Gasteiger partial charge in [-0.15, -0.1) is 11.8 Å². The maximum atomic E-state index is 14.9. The number of thioether (sulfide) groups is 1. The van der Waals surface area contributed by atoms with E-state index < -0.39 is 41.4 Å². The van der Waals surface area contributed by atoms with Crippen LogP contribution >= 0.6 is 11.8 Å². The van der Waals surface area contributed by atoms with Crippen molar-refractivity contribution in [3.05, 3.63) is 82.3 Å². The van der Waals surface area contributed by atoms with Crippen molar-refractivity contribution >= 4 is 34.6 Å². The van der Waals surface area contributed by atoms with E-state index in [-0.39, 0.29) is 52.8 Å². The quantitative estimate of drug-likeness (QED) is 0.280. The Hall–Kier alpha value is -4.13. The normalized spacial score (nSPS) is 20.7. The first-order valence-electron chi connectivity index (χ1n) is 13.7. The zero-order valence-electron chi connectivity index (χ0n) is 23.2. The highest BCUT2D eigenvalue weighted by Crippen LogP contribution is 2.49. The van der Waals surface area contributed by atoms with Crippen molar-refractivity contribution in [2.24, 2.45) is 0 Å². The highest BCUT2D eigenvalue weighted by Gasteiger charge is 2.40. The Morgan fingerprint density at radius 2 is 1.67 bits per heavy atom. The molecule has 6 rings (SSSR count). The van der Waals surface area contributed by atoms with Crippen LogP contribution in [0.1, 0.15) is 30.9 Å². The van der Waals surface area contributed by atoms with E-state index in [9.17, 15) is 32.3 Å². The molecule has 4 aromatic rings. The standard InChI is InChI=1S/C30H27F4N5O3S/c1-16-12-37(13-17(2)39(16)29(41)42)27-22-11-23(30(32,33)34)24(19-3-5-21(31)6-4-19)26-25(22)38(28(40)36-27)14-20(15-43-26)18-7-9-35-10-8-18/h3-11,16-17,20H,12-15H2,1-2H3,(H,41,42)/t16-,17+,20-/m0/s1. The van der Waals surface area contributed by atoms with E-state index in [0.29, 0.717) is 11.3 Å². The second-order valence-corrected chi connectivity index (χ2v) is 12.0. The summed E-state index contributed by atoms with van der Waals surface area (Å²) in [5, 5.41) is 9.83. The van der Waals surface area contributed by atoms with Crippen LogP contribution in [0.4, 0.5) is 28.2 Å². The maximum Gasteiger partial charge on any atom is 0.417 e. The van der Waals surface area contributed by atoms with Crippen LogP contribution < -0.4 is 10.6 Å². The van der Waals surface area contributed by atoms with Crippen molar-refractivity contribution in [2.75, 3.05) is 23.7 Å². The second-order valence-electron chi connectivity index (χ2n) is 10.9. The van der Waals surface area contributed by atoms with Crippen molar-refractivity contribution in [3.63, 3.8) is 0 Å². The topological polar surface area (TPSA) is 91.6 Å². The van der Waals surface area contributed by atoms with Gasteiger partial charge < -0.3 is 10.0 Å². The summed E-state index contributed by atoms with van der Waals surface area (Å²) in [5.74, 6) is -0.360. The summed E-state index contributed by atoms with van der Waals surface area (Å²) in [5.41, 5.74) is -0.277. The molecule has 0 radical (unpaired) electrons. The molecule has 0 spiro atoms. The number of halogens is 4. The number of hydrogen-bond acceptors (Lipinski definition) is 6. The molecule has 13 heteroatoms. The largest absolute Gasteiger partial charge is 0.465 e. The Labute approximate surface area is 248 Å². The Bertz CT molecular complexity index is 1750. The minimum atomic E-state index is -4.79. The first-order valence-corrected chi connectivity index (χ1v) is 14.7. The van der Waals surface area contributed by atoms with Crippen molar-refractivity contribution in [3.8, 4) is 11.1 Å². The molecule has 0 saturated carbocycles. The van der Waals surface area contributed by atoms with Crippen molar-refractivity contribution in [1.82, 2.24) is 19.4 Å². The number of piperazine rings is 1. The third-order valence-electron chi connectivity index (χ3n) is 8.09. The van der Waals surface area contributed by atoms with E-state index in [2.05, 4.69) is 9.97 Å². The molecule has 0 aliphatic carbocycles. The summed E-state index contributed by atoms with van der Waals surface area (Å²) in [4.78, 5) is 37.3. The monoisotopic (exact) mass is 613 g/mol. The van der Waals surface area contributed by atoms with Crippen molar-refractivity contribution in [2.45, 2.75) is 49.5 Å². The Morgan fingerprint density at radius 3 is 2.28 bits per heavy atom. The van der Waals surface area contributed by atoms with Gasteiger partial charge in [0, 0.05) is 59.5 Å². The van der Waals surface area contributed by atoms with Gasteiger partial charge >= 0.3 is 18.0 Å². The molecule has 1 fully saturated rings. The smallest absolute Gasteiger partial charge is 0.417 e. The van der Waals surface area contributed by atoms with E-state index in [1.807, 2.05) is 12.1 Å². The van der Waals surface area contributed by atoms with E-state index in [0.717, 1.165) is 23.8 Å². The molecule has 4 heterocycles. The fourth-order valence-corrected chi connectivity index (χ4v) is 7.63. The molecule has 1 N–H and O–H groups in total. The second kappa shape index (κ2) is 10.9. The van der Waals surface area contributed by atoms with Gasteiger partial charge in [-0.3, -0.25) is 14.5 Å². The van der Waals surface area contributed by atoms with Crippen LogP contribution in [0.3, 0.4) is 0 Å². The van der Waals surface area contributed by atoms with Crippen LogP contribution in [-0.4, -0.2) is 61.6 Å². The minimum Gasteiger partial charge on any atom is -0.465 e. The summed E-state index contributed by atoms with van der Waals surface area (Å²) in [6.45, 7) is 3.89. The summed E-state index contributed by atoms with van der Waals surface area (Å²) in [6, 6.07) is 8.52. The molecule has 3 atom stereocenters. The number of anilines is 1. The molecular formula is C30H27F4N5O3S. The van der Waals surface area contributed by atoms with Gasteiger partial charge in [0.2, 0.25) is 0 Å². The minimum absolute atomic E-state index is 0.0837. The molecule has 8 nitrogen and oxygen atoms in total. The molecule has 2 aromatic carbocycles. The number of nitrogens with zero attached hydrogens (tertiary/aromatic N) is 5. The van der Waals surface area contributed by atoms with Crippen molar-refractivity contribution in [1.29, 1.82) is 0 Å². The van der Waals surface area contributed by atoms with Gasteiger partial charge in [0.15, 0.2) is 0 Å². The number of amides is 1. The Morgan fingerprint density at radius 1 is 1.02 bits per heavy atom. The van der Waals surface area contributed by atoms with Gasteiger partial charge in [0.25, 0.3) is 0 Å². The average molecular weight is 614 g/mol. The Kier molecular flexibility index (Phi) is 7.31. The zero-order chi connectivity index (χ0) is 30.6. The summed E-state index contributed by atoms with van der Waals surface area (Å²) in [6.07, 6.45) is -2.62. The fourth-order valence-electron chi connectivity index (χ4n) is 6.24. The molecule has 2 aliphatic heterocycles. The van der Waals surface area contributed by atoms with Gasteiger partial charge in [-0.05, 0) is 55.3 Å². The van der Waals surface area contributed by atoms with E-state index >= 15 is 0 Å². The lowest BCUT2D eigenvalue weighted by Crippen LogP contribution is -2.58. The van der Waals surface area contributed by atoms with E-state index in [1.54, 1.807) is 31.1 Å². The summed E-state index contributed by atoms with van der Waals surface area (Å²) in [7, 11) is 0. The SMILES string of the molecule is C[C@@H]1CN(c2nc(=O)n3c4c(c(-c5ccc(F)cc5)c(C(F)(F)F)cc24)SC[C@@H](c2ccncc2)C3)C[C@H](C)N1C(=O)O. The number of carbonyl (C=O) groups is 1. The maximum absolute atomic E-state index is 14.9. The molecule has 0 unspecified atom stereocenters. The van der Waals surface area contributed by atoms with E-state index in [4.69, 9.17) is 0 Å². The van der Waals surface area contributed by atoms with Crippen LogP contribution in [-0.2, 0) is 12.7 Å². The third-order valence-corrected chi connectivity index (χ3v) is 9.34. The number of carboxylic acid groups (broad SMARTS) is 1. The fraction of sp³-hybridized carbons (Fsp3) is 0.333. The van der Waals surface area contributed by atoms with Gasteiger partial charge in [0.1, 0.15) is 11.6 Å². The lowest BCUT2D eigenvalue weighted by molar-refractivity contribution is -0.137. The highest BCUT2D eigenvalue weighted by atomic mass is 32.2. The predicted octanol–water partition coefficient (Wildman–Crippen LogP) is 6.08. The van der Waals surface area contributed by atoms with Crippen LogP contribution in [0.15, 0.2) is 64.5 Å². The first kappa shape index (κ1) is 29.0. The number of rotatable bonds is 3. The molecule has 1 saturated heterocycles. The van der Waals surface area contributed by atoms with Crippen LogP contribution in [0.5, 0.6) is 0 Å². The molecule has 1 amide bonds. The zero-order valence-corrected chi connectivity index (χ0v) is 24.0. The number of aromatic nitrogens is 3. The predicted molar refractivity (Wildman–Crippen MR) is 155 cm³/mol. The number of hydrogen-bond donors (Lipinski definition) is 1. The number of alkyl halides is 3. The molecule has 224 valence electrons. The molecule has 2 aromatic heterocycles. The van der Waals surface area contributed by atoms with Crippen LogP contribution in [0.2, 0.25) is 0 Å². The third kappa shape index (κ3) is 5.19. The van der Waals surface area contributed by atoms with Gasteiger partial charge in [0.05, 0.1) is 23.2 Å². The van der Waals surface area contributed by atoms with Gasteiger partial charge in [-0.1, -0.05) is 12.1 Å². The first-order chi connectivity index (χ1) is 20.4. The van der Waals surface area contributed by atoms with Crippen LogP contribution in [0, 0.1) is 5.82 Å². The Balaban J connectivity index is 1.64. The molecule has 2 aliphatic rings. The van der Waals surface area contributed by atoms with Gasteiger partial charge in [-0.25, -0.2) is 14.0 Å². The highest BCUT2D eigenvalue weighted by molar-refractivity contribution is 7.99.